The van der Waals surface area contributed by atoms with Crippen molar-refractivity contribution in [3.05, 3.63) is 28.2 Å². The van der Waals surface area contributed by atoms with Gasteiger partial charge in [-0.05, 0) is 62.5 Å². The molecule has 4 heteroatoms. The fraction of sp³-hybridized carbons (Fsp3) is 0.562. The fourth-order valence-corrected chi connectivity index (χ4v) is 3.18. The maximum atomic E-state index is 12.6. The summed E-state index contributed by atoms with van der Waals surface area (Å²) in [6, 6.07) is 5.93. The number of carbonyl (C=O) groups is 1. The third kappa shape index (κ3) is 3.41. The number of nitrogens with one attached hydrogen (secondary N) is 2. The first-order valence-electron chi connectivity index (χ1n) is 7.19. The number of piperidine rings is 1. The van der Waals surface area contributed by atoms with Crippen LogP contribution in [0.15, 0.2) is 22.7 Å². The Bertz CT molecular complexity index is 493. The molecular formula is C16H23BrN2O. The lowest BCUT2D eigenvalue weighted by molar-refractivity contribution is -0.127. The predicted octanol–water partition coefficient (Wildman–Crippen LogP) is 3.72. The van der Waals surface area contributed by atoms with Gasteiger partial charge < -0.3 is 10.6 Å². The number of rotatable bonds is 3. The van der Waals surface area contributed by atoms with Gasteiger partial charge in [-0.25, -0.2) is 0 Å². The van der Waals surface area contributed by atoms with Gasteiger partial charge in [-0.3, -0.25) is 4.79 Å². The number of benzene rings is 1. The van der Waals surface area contributed by atoms with Crippen LogP contribution in [0.2, 0.25) is 0 Å². The molecule has 1 unspecified atom stereocenters. The summed E-state index contributed by atoms with van der Waals surface area (Å²) in [7, 11) is 0. The van der Waals surface area contributed by atoms with Crippen molar-refractivity contribution in [2.75, 3.05) is 18.4 Å². The van der Waals surface area contributed by atoms with E-state index in [9.17, 15) is 4.79 Å². The zero-order valence-corrected chi connectivity index (χ0v) is 14.0. The SMILES string of the molecule is Cc1cc(Br)ccc1NC(=O)C(C)(C)C1CCCNC1. The van der Waals surface area contributed by atoms with E-state index in [1.165, 1.54) is 0 Å². The van der Waals surface area contributed by atoms with Gasteiger partial charge in [0, 0.05) is 15.6 Å². The minimum absolute atomic E-state index is 0.108. The average molecular weight is 339 g/mol. The van der Waals surface area contributed by atoms with E-state index in [0.717, 1.165) is 41.7 Å². The van der Waals surface area contributed by atoms with Crippen LogP contribution in [-0.4, -0.2) is 19.0 Å². The molecule has 1 atom stereocenters. The molecule has 0 radical (unpaired) electrons. The van der Waals surface area contributed by atoms with Gasteiger partial charge in [0.15, 0.2) is 0 Å². The van der Waals surface area contributed by atoms with Crippen molar-refractivity contribution >= 4 is 27.5 Å². The van der Waals surface area contributed by atoms with Crippen LogP contribution in [0.1, 0.15) is 32.3 Å². The quantitative estimate of drug-likeness (QED) is 0.881. The van der Waals surface area contributed by atoms with Crippen LogP contribution < -0.4 is 10.6 Å². The second-order valence-corrected chi connectivity index (χ2v) is 7.09. The first-order valence-corrected chi connectivity index (χ1v) is 7.99. The highest BCUT2D eigenvalue weighted by Crippen LogP contribution is 2.33. The molecule has 0 bridgehead atoms. The molecule has 110 valence electrons. The van der Waals surface area contributed by atoms with Crippen molar-refractivity contribution in [2.45, 2.75) is 33.6 Å². The first-order chi connectivity index (χ1) is 9.41. The molecule has 1 saturated heterocycles. The average Bonchev–Trinajstić information content (AvgIpc) is 2.42. The third-order valence-electron chi connectivity index (χ3n) is 4.34. The van der Waals surface area contributed by atoms with Gasteiger partial charge in [0.2, 0.25) is 5.91 Å². The smallest absolute Gasteiger partial charge is 0.230 e. The zero-order chi connectivity index (χ0) is 14.8. The Morgan fingerprint density at radius 2 is 2.20 bits per heavy atom. The number of anilines is 1. The molecular weight excluding hydrogens is 316 g/mol. The van der Waals surface area contributed by atoms with Gasteiger partial charge >= 0.3 is 0 Å². The van der Waals surface area contributed by atoms with E-state index >= 15 is 0 Å². The number of hydrogen-bond acceptors (Lipinski definition) is 2. The second-order valence-electron chi connectivity index (χ2n) is 6.18. The molecule has 1 fully saturated rings. The Morgan fingerprint density at radius 3 is 2.80 bits per heavy atom. The Kier molecular flexibility index (Phi) is 4.86. The monoisotopic (exact) mass is 338 g/mol. The topological polar surface area (TPSA) is 41.1 Å². The van der Waals surface area contributed by atoms with Gasteiger partial charge in [-0.15, -0.1) is 0 Å². The van der Waals surface area contributed by atoms with Gasteiger partial charge in [0.05, 0.1) is 0 Å². The fourth-order valence-electron chi connectivity index (χ4n) is 2.70. The van der Waals surface area contributed by atoms with Crippen LogP contribution in [0.5, 0.6) is 0 Å². The summed E-state index contributed by atoms with van der Waals surface area (Å²) in [6.45, 7) is 8.11. The minimum Gasteiger partial charge on any atom is -0.325 e. The number of amides is 1. The van der Waals surface area contributed by atoms with Crippen molar-refractivity contribution < 1.29 is 4.79 Å². The molecule has 1 amide bonds. The Hall–Kier alpha value is -0.870. The van der Waals surface area contributed by atoms with E-state index in [1.54, 1.807) is 0 Å². The lowest BCUT2D eigenvalue weighted by atomic mass is 9.74. The first kappa shape index (κ1) is 15.5. The normalized spacial score (nSPS) is 19.7. The number of aryl methyl sites for hydroxylation is 1. The molecule has 1 aliphatic rings. The van der Waals surface area contributed by atoms with E-state index in [0.29, 0.717) is 5.92 Å². The molecule has 2 N–H and O–H groups in total. The van der Waals surface area contributed by atoms with Crippen molar-refractivity contribution in [1.29, 1.82) is 0 Å². The molecule has 1 heterocycles. The van der Waals surface area contributed by atoms with Crippen LogP contribution in [0, 0.1) is 18.3 Å². The molecule has 1 aromatic rings. The molecule has 0 aliphatic carbocycles. The standard InChI is InChI=1S/C16H23BrN2O/c1-11-9-13(17)6-7-14(11)19-15(20)16(2,3)12-5-4-8-18-10-12/h6-7,9,12,18H,4-5,8,10H2,1-3H3,(H,19,20). The molecule has 1 aliphatic heterocycles. The summed E-state index contributed by atoms with van der Waals surface area (Å²) in [5.41, 5.74) is 1.62. The number of halogens is 1. The summed E-state index contributed by atoms with van der Waals surface area (Å²) in [5.74, 6) is 0.503. The molecule has 0 saturated carbocycles. The molecule has 0 spiro atoms. The van der Waals surface area contributed by atoms with Gasteiger partial charge in [0.1, 0.15) is 0 Å². The third-order valence-corrected chi connectivity index (χ3v) is 4.83. The van der Waals surface area contributed by atoms with Crippen molar-refractivity contribution in [2.24, 2.45) is 11.3 Å². The Balaban J connectivity index is 2.09. The Morgan fingerprint density at radius 1 is 1.45 bits per heavy atom. The van der Waals surface area contributed by atoms with E-state index < -0.39 is 0 Å². The number of carbonyl (C=O) groups excluding carboxylic acids is 1. The summed E-state index contributed by atoms with van der Waals surface area (Å²) in [5, 5.41) is 6.48. The molecule has 1 aromatic carbocycles. The predicted molar refractivity (Wildman–Crippen MR) is 86.9 cm³/mol. The van der Waals surface area contributed by atoms with E-state index in [4.69, 9.17) is 0 Å². The highest BCUT2D eigenvalue weighted by atomic mass is 79.9. The summed E-state index contributed by atoms with van der Waals surface area (Å²) in [6.07, 6.45) is 2.27. The summed E-state index contributed by atoms with van der Waals surface area (Å²) < 4.78 is 1.03. The van der Waals surface area contributed by atoms with Gasteiger partial charge in [-0.2, -0.15) is 0 Å². The molecule has 20 heavy (non-hydrogen) atoms. The van der Waals surface area contributed by atoms with Crippen LogP contribution in [0.4, 0.5) is 5.69 Å². The van der Waals surface area contributed by atoms with Crippen LogP contribution in [0.3, 0.4) is 0 Å². The van der Waals surface area contributed by atoms with Crippen molar-refractivity contribution in [1.82, 2.24) is 5.32 Å². The number of hydrogen-bond donors (Lipinski definition) is 2. The van der Waals surface area contributed by atoms with Crippen molar-refractivity contribution in [3.63, 3.8) is 0 Å². The lowest BCUT2D eigenvalue weighted by Gasteiger charge is -2.36. The highest BCUT2D eigenvalue weighted by Gasteiger charge is 2.37. The van der Waals surface area contributed by atoms with Crippen LogP contribution in [0.25, 0.3) is 0 Å². The summed E-state index contributed by atoms with van der Waals surface area (Å²) in [4.78, 5) is 12.6. The van der Waals surface area contributed by atoms with Gasteiger partial charge in [0.25, 0.3) is 0 Å². The second kappa shape index (κ2) is 6.27. The van der Waals surface area contributed by atoms with E-state index in [1.807, 2.05) is 39.0 Å². The lowest BCUT2D eigenvalue weighted by Crippen LogP contribution is -2.44. The highest BCUT2D eigenvalue weighted by molar-refractivity contribution is 9.10. The van der Waals surface area contributed by atoms with E-state index in [2.05, 4.69) is 26.6 Å². The maximum absolute atomic E-state index is 12.6. The zero-order valence-electron chi connectivity index (χ0n) is 12.4. The largest absolute Gasteiger partial charge is 0.325 e. The van der Waals surface area contributed by atoms with Crippen molar-refractivity contribution in [3.8, 4) is 0 Å². The molecule has 0 aromatic heterocycles. The molecule has 3 nitrogen and oxygen atoms in total. The van der Waals surface area contributed by atoms with Crippen LogP contribution in [-0.2, 0) is 4.79 Å². The van der Waals surface area contributed by atoms with Gasteiger partial charge in [-0.1, -0.05) is 29.8 Å². The summed E-state index contributed by atoms with van der Waals surface area (Å²) >= 11 is 3.44. The minimum atomic E-state index is -0.354. The Labute approximate surface area is 129 Å². The van der Waals surface area contributed by atoms with E-state index in [-0.39, 0.29) is 11.3 Å². The van der Waals surface area contributed by atoms with Crippen LogP contribution >= 0.6 is 15.9 Å². The molecule has 2 rings (SSSR count). The maximum Gasteiger partial charge on any atom is 0.230 e.